The van der Waals surface area contributed by atoms with Crippen LogP contribution in [0.1, 0.15) is 12.0 Å². The molecular formula is C21H17N3O3. The van der Waals surface area contributed by atoms with Gasteiger partial charge in [-0.1, -0.05) is 30.3 Å². The summed E-state index contributed by atoms with van der Waals surface area (Å²) in [7, 11) is 0. The summed E-state index contributed by atoms with van der Waals surface area (Å²) in [6.45, 7) is 0. The van der Waals surface area contributed by atoms with Crippen LogP contribution in [0.2, 0.25) is 0 Å². The Morgan fingerprint density at radius 3 is 2.67 bits per heavy atom. The number of aromatic amines is 1. The monoisotopic (exact) mass is 359 g/mol. The molecule has 2 N–H and O–H groups in total. The lowest BCUT2D eigenvalue weighted by atomic mass is 10.1. The molecular weight excluding hydrogens is 342 g/mol. The molecule has 0 atom stereocenters. The maximum absolute atomic E-state index is 12.4. The second kappa shape index (κ2) is 6.92. The number of nitrogens with one attached hydrogen (secondary N) is 1. The molecule has 0 aliphatic heterocycles. The lowest BCUT2D eigenvalue weighted by molar-refractivity contribution is -0.136. The Labute approximate surface area is 154 Å². The van der Waals surface area contributed by atoms with Gasteiger partial charge in [0.25, 0.3) is 0 Å². The maximum atomic E-state index is 12.4. The molecule has 0 bridgehead atoms. The first-order valence-corrected chi connectivity index (χ1v) is 8.57. The van der Waals surface area contributed by atoms with Crippen molar-refractivity contribution in [1.29, 1.82) is 0 Å². The summed E-state index contributed by atoms with van der Waals surface area (Å²) in [5.74, 6) is -0.815. The van der Waals surface area contributed by atoms with Gasteiger partial charge < -0.3 is 10.1 Å². The van der Waals surface area contributed by atoms with Crippen LogP contribution < -0.4 is 5.69 Å². The standard InChI is InChI=1S/C21H17N3O3/c25-20(26)8-3-14-1-4-15(5-2-14)19-13-23-21(27)24(19)18-7-6-17-12-22-10-9-16(17)11-18/h1-2,4-7,9-13H,3,8H2,(H,23,27)(H,25,26). The Hall–Kier alpha value is -3.67. The molecule has 0 aliphatic rings. The van der Waals surface area contributed by atoms with E-state index in [0.29, 0.717) is 6.42 Å². The number of fused-ring (bicyclic) bond motifs is 1. The molecule has 0 unspecified atom stereocenters. The van der Waals surface area contributed by atoms with E-state index in [1.165, 1.54) is 0 Å². The van der Waals surface area contributed by atoms with Gasteiger partial charge in [-0.15, -0.1) is 0 Å². The zero-order valence-electron chi connectivity index (χ0n) is 14.4. The number of carboxylic acids is 1. The Balaban J connectivity index is 1.73. The third kappa shape index (κ3) is 3.37. The Morgan fingerprint density at radius 1 is 1.07 bits per heavy atom. The zero-order chi connectivity index (χ0) is 18.8. The molecule has 0 aliphatic carbocycles. The van der Waals surface area contributed by atoms with Crippen LogP contribution in [0, 0.1) is 0 Å². The fourth-order valence-electron chi connectivity index (χ4n) is 3.14. The molecule has 6 heteroatoms. The van der Waals surface area contributed by atoms with Gasteiger partial charge in [-0.3, -0.25) is 14.3 Å². The van der Waals surface area contributed by atoms with Crippen LogP contribution in [0.5, 0.6) is 0 Å². The Kier molecular flexibility index (Phi) is 4.30. The van der Waals surface area contributed by atoms with Crippen molar-refractivity contribution in [3.63, 3.8) is 0 Å². The summed E-state index contributed by atoms with van der Waals surface area (Å²) in [6, 6.07) is 15.3. The SMILES string of the molecule is O=C(O)CCc1ccc(-c2c[nH]c(=O)n2-c2ccc3cnccc3c2)cc1. The summed E-state index contributed by atoms with van der Waals surface area (Å²) in [5, 5.41) is 10.8. The van der Waals surface area contributed by atoms with Crippen LogP contribution in [0.4, 0.5) is 0 Å². The predicted octanol–water partition coefficient (Wildman–Crippen LogP) is 3.40. The van der Waals surface area contributed by atoms with E-state index in [1.807, 2.05) is 48.5 Å². The second-order valence-corrected chi connectivity index (χ2v) is 6.31. The smallest absolute Gasteiger partial charge is 0.330 e. The molecule has 6 nitrogen and oxygen atoms in total. The molecule has 0 saturated heterocycles. The van der Waals surface area contributed by atoms with Crippen LogP contribution in [0.3, 0.4) is 0 Å². The van der Waals surface area contributed by atoms with E-state index in [9.17, 15) is 9.59 Å². The number of benzene rings is 2. The molecule has 27 heavy (non-hydrogen) atoms. The molecule has 2 aromatic carbocycles. The van der Waals surface area contributed by atoms with Crippen molar-refractivity contribution < 1.29 is 9.90 Å². The van der Waals surface area contributed by atoms with Crippen LogP contribution >= 0.6 is 0 Å². The highest BCUT2D eigenvalue weighted by Gasteiger charge is 2.11. The number of carboxylic acid groups (broad SMARTS) is 1. The Bertz CT molecular complexity index is 1170. The van der Waals surface area contributed by atoms with E-state index in [2.05, 4.69) is 9.97 Å². The van der Waals surface area contributed by atoms with Gasteiger partial charge in [-0.05, 0) is 35.6 Å². The lowest BCUT2D eigenvalue weighted by Gasteiger charge is -2.09. The van der Waals surface area contributed by atoms with E-state index < -0.39 is 5.97 Å². The minimum Gasteiger partial charge on any atom is -0.481 e. The highest BCUT2D eigenvalue weighted by molar-refractivity contribution is 5.83. The lowest BCUT2D eigenvalue weighted by Crippen LogP contribution is -2.15. The molecule has 0 saturated carbocycles. The number of aryl methyl sites for hydroxylation is 1. The van der Waals surface area contributed by atoms with Crippen LogP contribution in [0.25, 0.3) is 27.7 Å². The van der Waals surface area contributed by atoms with E-state index in [0.717, 1.165) is 33.3 Å². The van der Waals surface area contributed by atoms with Crippen molar-refractivity contribution in [2.75, 3.05) is 0 Å². The van der Waals surface area contributed by atoms with Crippen molar-refractivity contribution in [1.82, 2.24) is 14.5 Å². The van der Waals surface area contributed by atoms with Gasteiger partial charge in [0.1, 0.15) is 0 Å². The summed E-state index contributed by atoms with van der Waals surface area (Å²) < 4.78 is 1.63. The fraction of sp³-hybridized carbons (Fsp3) is 0.0952. The normalized spacial score (nSPS) is 11.0. The molecule has 4 aromatic rings. The molecule has 0 radical (unpaired) electrons. The Morgan fingerprint density at radius 2 is 1.89 bits per heavy atom. The zero-order valence-corrected chi connectivity index (χ0v) is 14.4. The van der Waals surface area contributed by atoms with Gasteiger partial charge in [0.15, 0.2) is 0 Å². The largest absolute Gasteiger partial charge is 0.481 e. The first-order valence-electron chi connectivity index (χ1n) is 8.57. The van der Waals surface area contributed by atoms with Gasteiger partial charge in [0.2, 0.25) is 0 Å². The first-order chi connectivity index (χ1) is 13.1. The number of pyridine rings is 1. The number of H-pyrrole nitrogens is 1. The highest BCUT2D eigenvalue weighted by Crippen LogP contribution is 2.24. The average Bonchev–Trinajstić information content (AvgIpc) is 3.08. The quantitative estimate of drug-likeness (QED) is 0.572. The number of imidazole rings is 1. The summed E-state index contributed by atoms with van der Waals surface area (Å²) >= 11 is 0. The van der Waals surface area contributed by atoms with Gasteiger partial charge >= 0.3 is 11.7 Å². The molecule has 134 valence electrons. The second-order valence-electron chi connectivity index (χ2n) is 6.31. The summed E-state index contributed by atoms with van der Waals surface area (Å²) in [4.78, 5) is 30.0. The van der Waals surface area contributed by atoms with E-state index in [1.54, 1.807) is 23.2 Å². The molecule has 0 amide bonds. The number of aliphatic carboxylic acids is 1. The summed E-state index contributed by atoms with van der Waals surface area (Å²) in [5.41, 5.74) is 3.13. The number of hydrogen-bond acceptors (Lipinski definition) is 3. The van der Waals surface area contributed by atoms with Crippen LogP contribution in [-0.4, -0.2) is 25.6 Å². The minimum atomic E-state index is -0.815. The number of rotatable bonds is 5. The molecule has 2 aromatic heterocycles. The molecule has 0 spiro atoms. The number of nitrogens with zero attached hydrogens (tertiary/aromatic N) is 2. The first kappa shape index (κ1) is 16.8. The van der Waals surface area contributed by atoms with Gasteiger partial charge in [0, 0.05) is 36.0 Å². The highest BCUT2D eigenvalue weighted by atomic mass is 16.4. The topological polar surface area (TPSA) is 88.0 Å². The van der Waals surface area contributed by atoms with Crippen molar-refractivity contribution >= 4 is 16.7 Å². The van der Waals surface area contributed by atoms with E-state index in [4.69, 9.17) is 5.11 Å². The number of aromatic nitrogens is 3. The van der Waals surface area contributed by atoms with Crippen molar-refractivity contribution in [3.05, 3.63) is 83.2 Å². The van der Waals surface area contributed by atoms with Gasteiger partial charge in [-0.2, -0.15) is 0 Å². The average molecular weight is 359 g/mol. The van der Waals surface area contributed by atoms with E-state index in [-0.39, 0.29) is 12.1 Å². The molecule has 4 rings (SSSR count). The van der Waals surface area contributed by atoms with Gasteiger partial charge in [-0.25, -0.2) is 4.79 Å². The third-order valence-corrected chi connectivity index (χ3v) is 4.54. The third-order valence-electron chi connectivity index (χ3n) is 4.54. The molecule has 2 heterocycles. The van der Waals surface area contributed by atoms with Crippen molar-refractivity contribution in [2.24, 2.45) is 0 Å². The maximum Gasteiger partial charge on any atom is 0.330 e. The minimum absolute atomic E-state index is 0.0974. The van der Waals surface area contributed by atoms with Gasteiger partial charge in [0.05, 0.1) is 11.4 Å². The molecule has 0 fully saturated rings. The van der Waals surface area contributed by atoms with Crippen LogP contribution in [0.15, 0.2) is 71.9 Å². The van der Waals surface area contributed by atoms with Crippen LogP contribution in [-0.2, 0) is 11.2 Å². The number of hydrogen-bond donors (Lipinski definition) is 2. The number of carbonyl (C=O) groups is 1. The van der Waals surface area contributed by atoms with Crippen molar-refractivity contribution in [3.8, 4) is 16.9 Å². The predicted molar refractivity (Wildman–Crippen MR) is 103 cm³/mol. The van der Waals surface area contributed by atoms with Crippen molar-refractivity contribution in [2.45, 2.75) is 12.8 Å². The summed E-state index contributed by atoms with van der Waals surface area (Å²) in [6.07, 6.45) is 5.78. The van der Waals surface area contributed by atoms with E-state index >= 15 is 0 Å². The fourth-order valence-corrected chi connectivity index (χ4v) is 3.14.